The Morgan fingerprint density at radius 1 is 1.28 bits per heavy atom. The van der Waals surface area contributed by atoms with Crippen LogP contribution in [0.4, 0.5) is 0 Å². The Morgan fingerprint density at radius 3 is 2.89 bits per heavy atom. The number of hydrogen-bond acceptors (Lipinski definition) is 4. The van der Waals surface area contributed by atoms with Crippen molar-refractivity contribution < 1.29 is 9.63 Å². The number of halogens is 1. The van der Waals surface area contributed by atoms with Crippen LogP contribution in [-0.2, 0) is 0 Å². The Kier molecular flexibility index (Phi) is 2.64. The maximum Gasteiger partial charge on any atom is 0.258 e. The molecule has 0 aliphatic carbocycles. The fraction of sp³-hybridized carbons (Fsp3) is 0. The molecule has 0 aliphatic rings. The number of aromatic amines is 1. The first-order valence-corrected chi connectivity index (χ1v) is 6.00. The van der Waals surface area contributed by atoms with E-state index in [0.717, 1.165) is 5.69 Å². The molecule has 0 bridgehead atoms. The highest BCUT2D eigenvalue weighted by Gasteiger charge is 2.12. The molecule has 3 aromatic rings. The van der Waals surface area contributed by atoms with Crippen LogP contribution in [0.2, 0.25) is 0 Å². The van der Waals surface area contributed by atoms with Gasteiger partial charge >= 0.3 is 0 Å². The third-order valence-corrected chi connectivity index (χ3v) is 3.13. The van der Waals surface area contributed by atoms with Gasteiger partial charge in [0.15, 0.2) is 0 Å². The largest absolute Gasteiger partial charge is 0.507 e. The highest BCUT2D eigenvalue weighted by Crippen LogP contribution is 2.29. The van der Waals surface area contributed by atoms with Gasteiger partial charge in [-0.2, -0.15) is 4.98 Å². The summed E-state index contributed by atoms with van der Waals surface area (Å²) in [4.78, 5) is 7.26. The lowest BCUT2D eigenvalue weighted by Gasteiger charge is -1.97. The SMILES string of the molecule is Oc1cc(-c2nc(-c3ccc[nH]3)no2)ccc1Br. The van der Waals surface area contributed by atoms with Crippen molar-refractivity contribution in [2.24, 2.45) is 0 Å². The zero-order valence-corrected chi connectivity index (χ0v) is 10.7. The monoisotopic (exact) mass is 305 g/mol. The molecule has 6 heteroatoms. The Balaban J connectivity index is 2.00. The van der Waals surface area contributed by atoms with Crippen LogP contribution in [0, 0.1) is 0 Å². The molecule has 18 heavy (non-hydrogen) atoms. The van der Waals surface area contributed by atoms with Crippen molar-refractivity contribution in [3.8, 4) is 28.7 Å². The van der Waals surface area contributed by atoms with Gasteiger partial charge in [0.25, 0.3) is 5.89 Å². The highest BCUT2D eigenvalue weighted by molar-refractivity contribution is 9.10. The normalized spacial score (nSPS) is 10.7. The quantitative estimate of drug-likeness (QED) is 0.762. The lowest BCUT2D eigenvalue weighted by molar-refractivity contribution is 0.431. The van der Waals surface area contributed by atoms with E-state index in [9.17, 15) is 5.11 Å². The van der Waals surface area contributed by atoms with Crippen molar-refractivity contribution in [2.45, 2.75) is 0 Å². The van der Waals surface area contributed by atoms with Crippen LogP contribution >= 0.6 is 15.9 Å². The van der Waals surface area contributed by atoms with E-state index in [0.29, 0.717) is 21.8 Å². The van der Waals surface area contributed by atoms with Gasteiger partial charge in [-0.3, -0.25) is 0 Å². The molecule has 2 aromatic heterocycles. The molecule has 0 unspecified atom stereocenters. The summed E-state index contributed by atoms with van der Waals surface area (Å²) in [6, 6.07) is 8.79. The molecule has 90 valence electrons. The Bertz CT molecular complexity index is 676. The van der Waals surface area contributed by atoms with Crippen LogP contribution in [0.5, 0.6) is 5.75 Å². The lowest BCUT2D eigenvalue weighted by atomic mass is 10.2. The molecule has 2 N–H and O–H groups in total. The maximum atomic E-state index is 9.61. The van der Waals surface area contributed by atoms with E-state index < -0.39 is 0 Å². The summed E-state index contributed by atoms with van der Waals surface area (Å²) >= 11 is 3.22. The second-order valence-corrected chi connectivity index (χ2v) is 4.53. The molecule has 0 aliphatic heterocycles. The first-order valence-electron chi connectivity index (χ1n) is 5.20. The number of H-pyrrole nitrogens is 1. The van der Waals surface area contributed by atoms with Crippen LogP contribution in [0.15, 0.2) is 45.5 Å². The number of benzene rings is 1. The molecule has 2 heterocycles. The number of hydrogen-bond donors (Lipinski definition) is 2. The maximum absolute atomic E-state index is 9.61. The van der Waals surface area contributed by atoms with Crippen LogP contribution in [-0.4, -0.2) is 20.2 Å². The minimum atomic E-state index is 0.132. The summed E-state index contributed by atoms with van der Waals surface area (Å²) < 4.78 is 5.78. The summed E-state index contributed by atoms with van der Waals surface area (Å²) in [5.74, 6) is 0.979. The summed E-state index contributed by atoms with van der Waals surface area (Å²) in [7, 11) is 0. The second kappa shape index (κ2) is 4.30. The van der Waals surface area contributed by atoms with Crippen molar-refractivity contribution in [2.75, 3.05) is 0 Å². The van der Waals surface area contributed by atoms with Crippen molar-refractivity contribution >= 4 is 15.9 Å². The number of nitrogens with one attached hydrogen (secondary N) is 1. The van der Waals surface area contributed by atoms with Crippen LogP contribution < -0.4 is 0 Å². The summed E-state index contributed by atoms with van der Waals surface area (Å²) in [6.45, 7) is 0. The smallest absolute Gasteiger partial charge is 0.258 e. The molecular formula is C12H8BrN3O2. The molecule has 0 radical (unpaired) electrons. The van der Waals surface area contributed by atoms with Crippen LogP contribution in [0.25, 0.3) is 23.0 Å². The molecule has 3 rings (SSSR count). The molecular weight excluding hydrogens is 298 g/mol. The topological polar surface area (TPSA) is 74.9 Å². The Hall–Kier alpha value is -2.08. The van der Waals surface area contributed by atoms with E-state index in [-0.39, 0.29) is 5.75 Å². The standard InChI is InChI=1S/C12H8BrN3O2/c13-8-4-3-7(6-10(8)17)12-15-11(16-18-12)9-2-1-5-14-9/h1-6,14,17H. The zero-order valence-electron chi connectivity index (χ0n) is 9.09. The predicted octanol–water partition coefficient (Wildman–Crippen LogP) is 3.20. The highest BCUT2D eigenvalue weighted by atomic mass is 79.9. The van der Waals surface area contributed by atoms with Gasteiger partial charge in [0.1, 0.15) is 5.75 Å². The Morgan fingerprint density at radius 2 is 2.17 bits per heavy atom. The van der Waals surface area contributed by atoms with Crippen LogP contribution in [0.3, 0.4) is 0 Å². The van der Waals surface area contributed by atoms with E-state index in [1.54, 1.807) is 24.4 Å². The first-order chi connectivity index (χ1) is 8.74. The molecule has 0 spiro atoms. The molecule has 0 atom stereocenters. The minimum absolute atomic E-state index is 0.132. The van der Waals surface area contributed by atoms with E-state index in [2.05, 4.69) is 31.1 Å². The van der Waals surface area contributed by atoms with Crippen molar-refractivity contribution in [1.29, 1.82) is 0 Å². The predicted molar refractivity (Wildman–Crippen MR) is 68.9 cm³/mol. The average molecular weight is 306 g/mol. The van der Waals surface area contributed by atoms with E-state index in [4.69, 9.17) is 4.52 Å². The van der Waals surface area contributed by atoms with Gasteiger partial charge in [-0.1, -0.05) is 5.16 Å². The fourth-order valence-electron chi connectivity index (χ4n) is 1.57. The van der Waals surface area contributed by atoms with Gasteiger partial charge in [-0.15, -0.1) is 0 Å². The molecule has 0 fully saturated rings. The van der Waals surface area contributed by atoms with Crippen molar-refractivity contribution in [3.63, 3.8) is 0 Å². The van der Waals surface area contributed by atoms with E-state index >= 15 is 0 Å². The molecule has 1 aromatic carbocycles. The van der Waals surface area contributed by atoms with Gasteiger partial charge in [-0.05, 0) is 46.3 Å². The van der Waals surface area contributed by atoms with Gasteiger partial charge in [0.2, 0.25) is 5.82 Å². The van der Waals surface area contributed by atoms with Crippen molar-refractivity contribution in [1.82, 2.24) is 15.1 Å². The van der Waals surface area contributed by atoms with E-state index in [1.807, 2.05) is 12.1 Å². The van der Waals surface area contributed by atoms with Gasteiger partial charge in [0.05, 0.1) is 10.2 Å². The number of phenols is 1. The number of aromatic hydroxyl groups is 1. The molecule has 0 amide bonds. The lowest BCUT2D eigenvalue weighted by Crippen LogP contribution is -1.81. The average Bonchev–Trinajstić information content (AvgIpc) is 3.01. The number of phenolic OH excluding ortho intramolecular Hbond substituents is 1. The number of aromatic nitrogens is 3. The Labute approximate surface area is 111 Å². The van der Waals surface area contributed by atoms with Crippen molar-refractivity contribution in [3.05, 3.63) is 41.0 Å². The third-order valence-electron chi connectivity index (χ3n) is 2.46. The molecule has 0 saturated carbocycles. The summed E-state index contributed by atoms with van der Waals surface area (Å²) in [5.41, 5.74) is 1.45. The third kappa shape index (κ3) is 1.91. The summed E-state index contributed by atoms with van der Waals surface area (Å²) in [6.07, 6.45) is 1.79. The van der Waals surface area contributed by atoms with E-state index in [1.165, 1.54) is 0 Å². The van der Waals surface area contributed by atoms with Gasteiger partial charge in [0, 0.05) is 11.8 Å². The second-order valence-electron chi connectivity index (χ2n) is 3.67. The number of nitrogens with zero attached hydrogens (tertiary/aromatic N) is 2. The molecule has 5 nitrogen and oxygen atoms in total. The minimum Gasteiger partial charge on any atom is -0.507 e. The van der Waals surface area contributed by atoms with Crippen LogP contribution in [0.1, 0.15) is 0 Å². The zero-order chi connectivity index (χ0) is 12.5. The van der Waals surface area contributed by atoms with Gasteiger partial charge < -0.3 is 14.6 Å². The number of rotatable bonds is 2. The molecule has 0 saturated heterocycles. The van der Waals surface area contributed by atoms with Gasteiger partial charge in [-0.25, -0.2) is 0 Å². The first kappa shape index (κ1) is 11.0. The summed E-state index contributed by atoms with van der Waals surface area (Å²) in [5, 5.41) is 13.5. The fourth-order valence-corrected chi connectivity index (χ4v) is 1.81.